The first-order valence-corrected chi connectivity index (χ1v) is 5.91. The number of hydrogen-bond acceptors (Lipinski definition) is 5. The van der Waals surface area contributed by atoms with Gasteiger partial charge in [0.1, 0.15) is 0 Å². The van der Waals surface area contributed by atoms with Crippen LogP contribution in [0.1, 0.15) is 0 Å². The number of sulfonamides is 1. The van der Waals surface area contributed by atoms with Crippen molar-refractivity contribution < 1.29 is 22.7 Å². The summed E-state index contributed by atoms with van der Waals surface area (Å²) in [5.41, 5.74) is 0.257. The number of carbonyl (C=O) groups is 2. The SMILES string of the molecule is COC(=O)C(=O)Nc1ccc(S(N)(=O)=O)cc1. The molecule has 1 aromatic carbocycles. The Kier molecular flexibility index (Phi) is 3.81. The number of anilines is 1. The lowest BCUT2D eigenvalue weighted by molar-refractivity contribution is -0.150. The van der Waals surface area contributed by atoms with E-state index in [2.05, 4.69) is 10.1 Å². The highest BCUT2D eigenvalue weighted by atomic mass is 32.2. The zero-order valence-electron chi connectivity index (χ0n) is 8.84. The third kappa shape index (κ3) is 3.54. The molecule has 0 fully saturated rings. The molecule has 1 aromatic rings. The second-order valence-corrected chi connectivity index (χ2v) is 4.58. The van der Waals surface area contributed by atoms with Crippen LogP contribution in [0.4, 0.5) is 5.69 Å². The lowest BCUT2D eigenvalue weighted by Crippen LogP contribution is -2.23. The Morgan fingerprint density at radius 1 is 1.24 bits per heavy atom. The van der Waals surface area contributed by atoms with E-state index in [-0.39, 0.29) is 10.6 Å². The highest BCUT2D eigenvalue weighted by Crippen LogP contribution is 2.12. The summed E-state index contributed by atoms with van der Waals surface area (Å²) >= 11 is 0. The molecule has 8 heteroatoms. The number of carbonyl (C=O) groups excluding carboxylic acids is 2. The van der Waals surface area contributed by atoms with Gasteiger partial charge in [-0.1, -0.05) is 0 Å². The zero-order chi connectivity index (χ0) is 13.1. The molecule has 0 saturated carbocycles. The number of ether oxygens (including phenoxy) is 1. The second kappa shape index (κ2) is 4.93. The van der Waals surface area contributed by atoms with Crippen LogP contribution >= 0.6 is 0 Å². The highest BCUT2D eigenvalue weighted by molar-refractivity contribution is 7.89. The first-order chi connectivity index (χ1) is 7.84. The maximum atomic E-state index is 11.1. The van der Waals surface area contributed by atoms with Gasteiger partial charge in [0.15, 0.2) is 0 Å². The fraction of sp³-hybridized carbons (Fsp3) is 0.111. The van der Waals surface area contributed by atoms with Crippen LogP contribution in [-0.2, 0) is 24.3 Å². The molecule has 0 saturated heterocycles. The number of nitrogens with one attached hydrogen (secondary N) is 1. The normalized spacial score (nSPS) is 10.7. The summed E-state index contributed by atoms with van der Waals surface area (Å²) in [6.45, 7) is 0. The summed E-state index contributed by atoms with van der Waals surface area (Å²) in [7, 11) is -2.70. The van der Waals surface area contributed by atoms with Crippen molar-refractivity contribution in [2.75, 3.05) is 12.4 Å². The van der Waals surface area contributed by atoms with Crippen molar-refractivity contribution in [3.8, 4) is 0 Å². The van der Waals surface area contributed by atoms with Crippen LogP contribution < -0.4 is 10.5 Å². The predicted octanol–water partition coefficient (Wildman–Crippen LogP) is -0.554. The second-order valence-electron chi connectivity index (χ2n) is 3.02. The number of hydrogen-bond donors (Lipinski definition) is 2. The number of rotatable bonds is 2. The maximum absolute atomic E-state index is 11.1. The Labute approximate surface area is 97.6 Å². The minimum atomic E-state index is -3.77. The summed E-state index contributed by atoms with van der Waals surface area (Å²) < 4.78 is 26.1. The number of nitrogens with two attached hydrogens (primary N) is 1. The van der Waals surface area contributed by atoms with Gasteiger partial charge in [0.05, 0.1) is 12.0 Å². The summed E-state index contributed by atoms with van der Waals surface area (Å²) in [6.07, 6.45) is 0. The largest absolute Gasteiger partial charge is 0.462 e. The quantitative estimate of drug-likeness (QED) is 0.545. The molecule has 3 N–H and O–H groups in total. The van der Waals surface area contributed by atoms with Crippen molar-refractivity contribution in [1.29, 1.82) is 0 Å². The van der Waals surface area contributed by atoms with E-state index in [9.17, 15) is 18.0 Å². The fourth-order valence-corrected chi connectivity index (χ4v) is 1.52. The van der Waals surface area contributed by atoms with Crippen LogP contribution in [0, 0.1) is 0 Å². The lowest BCUT2D eigenvalue weighted by atomic mass is 10.3. The molecule has 0 heterocycles. The average Bonchev–Trinajstić information content (AvgIpc) is 2.27. The summed E-state index contributed by atoms with van der Waals surface area (Å²) in [5.74, 6) is -1.99. The molecular formula is C9H10N2O5S. The van der Waals surface area contributed by atoms with Crippen molar-refractivity contribution in [2.24, 2.45) is 5.14 Å². The molecule has 0 radical (unpaired) electrons. The van der Waals surface area contributed by atoms with Gasteiger partial charge in [0.25, 0.3) is 0 Å². The van der Waals surface area contributed by atoms with Crippen molar-refractivity contribution in [1.82, 2.24) is 0 Å². The highest BCUT2D eigenvalue weighted by Gasteiger charge is 2.14. The number of primary sulfonamides is 1. The van der Waals surface area contributed by atoms with Crippen LogP contribution in [-0.4, -0.2) is 27.4 Å². The molecule has 0 aliphatic rings. The van der Waals surface area contributed by atoms with E-state index in [4.69, 9.17) is 5.14 Å². The first-order valence-electron chi connectivity index (χ1n) is 4.37. The Bertz CT molecular complexity index is 535. The molecule has 17 heavy (non-hydrogen) atoms. The van der Waals surface area contributed by atoms with E-state index < -0.39 is 21.9 Å². The molecule has 0 unspecified atom stereocenters. The molecule has 0 bridgehead atoms. The van der Waals surface area contributed by atoms with Crippen LogP contribution in [0.25, 0.3) is 0 Å². The summed E-state index contributed by atoms with van der Waals surface area (Å²) in [6, 6.07) is 5.03. The summed E-state index contributed by atoms with van der Waals surface area (Å²) in [5, 5.41) is 7.11. The van der Waals surface area contributed by atoms with E-state index in [1.54, 1.807) is 0 Å². The van der Waals surface area contributed by atoms with E-state index in [1.165, 1.54) is 24.3 Å². The Morgan fingerprint density at radius 2 is 1.76 bits per heavy atom. The topological polar surface area (TPSA) is 116 Å². The molecule has 0 aliphatic heterocycles. The zero-order valence-corrected chi connectivity index (χ0v) is 9.65. The Morgan fingerprint density at radius 3 is 2.18 bits per heavy atom. The van der Waals surface area contributed by atoms with Gasteiger partial charge in [0.2, 0.25) is 10.0 Å². The van der Waals surface area contributed by atoms with Crippen LogP contribution in [0.15, 0.2) is 29.2 Å². The van der Waals surface area contributed by atoms with Crippen molar-refractivity contribution in [3.05, 3.63) is 24.3 Å². The minimum Gasteiger partial charge on any atom is -0.462 e. The monoisotopic (exact) mass is 258 g/mol. The molecule has 92 valence electrons. The van der Waals surface area contributed by atoms with Gasteiger partial charge < -0.3 is 10.1 Å². The lowest BCUT2D eigenvalue weighted by Gasteiger charge is -2.04. The molecule has 0 spiro atoms. The van der Waals surface area contributed by atoms with Gasteiger partial charge in [-0.15, -0.1) is 0 Å². The third-order valence-electron chi connectivity index (χ3n) is 1.81. The Balaban J connectivity index is 2.83. The molecule has 1 rings (SSSR count). The van der Waals surface area contributed by atoms with Crippen LogP contribution in [0.5, 0.6) is 0 Å². The van der Waals surface area contributed by atoms with Crippen LogP contribution in [0.3, 0.4) is 0 Å². The molecule has 0 atom stereocenters. The van der Waals surface area contributed by atoms with Crippen molar-refractivity contribution in [3.63, 3.8) is 0 Å². The molecule has 0 aliphatic carbocycles. The molecule has 7 nitrogen and oxygen atoms in total. The molecule has 1 amide bonds. The van der Waals surface area contributed by atoms with Crippen LogP contribution in [0.2, 0.25) is 0 Å². The van der Waals surface area contributed by atoms with Gasteiger partial charge in [-0.2, -0.15) is 0 Å². The van der Waals surface area contributed by atoms with Gasteiger partial charge in [-0.25, -0.2) is 18.4 Å². The smallest absolute Gasteiger partial charge is 0.396 e. The minimum absolute atomic E-state index is 0.0893. The number of benzene rings is 1. The van der Waals surface area contributed by atoms with Gasteiger partial charge in [-0.05, 0) is 24.3 Å². The van der Waals surface area contributed by atoms with E-state index in [0.717, 1.165) is 7.11 Å². The van der Waals surface area contributed by atoms with Gasteiger partial charge >= 0.3 is 11.9 Å². The van der Waals surface area contributed by atoms with Crippen molar-refractivity contribution in [2.45, 2.75) is 4.90 Å². The fourth-order valence-electron chi connectivity index (χ4n) is 1.00. The standard InChI is InChI=1S/C9H10N2O5S/c1-16-9(13)8(12)11-6-2-4-7(5-3-6)17(10,14)15/h2-5H,1H3,(H,11,12)(H2,10,14,15). The summed E-state index contributed by atoms with van der Waals surface area (Å²) in [4.78, 5) is 21.8. The maximum Gasteiger partial charge on any atom is 0.396 e. The van der Waals surface area contributed by atoms with E-state index in [0.29, 0.717) is 0 Å². The first kappa shape index (κ1) is 13.1. The third-order valence-corrected chi connectivity index (χ3v) is 2.74. The number of amides is 1. The molecular weight excluding hydrogens is 248 g/mol. The number of esters is 1. The molecule has 0 aromatic heterocycles. The number of methoxy groups -OCH3 is 1. The van der Waals surface area contributed by atoms with E-state index in [1.807, 2.05) is 0 Å². The van der Waals surface area contributed by atoms with E-state index >= 15 is 0 Å². The van der Waals surface area contributed by atoms with Gasteiger partial charge in [-0.3, -0.25) is 4.79 Å². The van der Waals surface area contributed by atoms with Crippen molar-refractivity contribution >= 4 is 27.6 Å². The Hall–Kier alpha value is -1.93. The predicted molar refractivity (Wildman–Crippen MR) is 58.5 cm³/mol. The van der Waals surface area contributed by atoms with Gasteiger partial charge in [0, 0.05) is 5.69 Å². The average molecular weight is 258 g/mol.